The van der Waals surface area contributed by atoms with Gasteiger partial charge in [0.25, 0.3) is 5.56 Å². The molecule has 2 aromatic heterocycles. The van der Waals surface area contributed by atoms with Crippen LogP contribution in [0.25, 0.3) is 15.5 Å². The Bertz CT molecular complexity index is 1420. The third-order valence-corrected chi connectivity index (χ3v) is 6.68. The lowest BCUT2D eigenvalue weighted by Crippen LogP contribution is -2.49. The van der Waals surface area contributed by atoms with Gasteiger partial charge in [0.15, 0.2) is 0 Å². The molecule has 0 atom stereocenters. The van der Waals surface area contributed by atoms with Crippen LogP contribution in [0.1, 0.15) is 5.69 Å². The van der Waals surface area contributed by atoms with Gasteiger partial charge in [-0.3, -0.25) is 9.69 Å². The van der Waals surface area contributed by atoms with E-state index >= 15 is 0 Å². The summed E-state index contributed by atoms with van der Waals surface area (Å²) in [6.45, 7) is 2.79. The first kappa shape index (κ1) is 22.5. The number of fused-ring (bicyclic) bond motifs is 1. The van der Waals surface area contributed by atoms with Crippen LogP contribution < -0.4 is 10.9 Å². The second kappa shape index (κ2) is 9.49. The van der Waals surface area contributed by atoms with E-state index in [0.29, 0.717) is 59.1 Å². The standard InChI is InChI=1S/C23H20ClFN6O2S/c24-16-4-1-3-15(11-16)21-28-31-20(32)13-19(27-23(31)34-21)14-29-7-9-30(10-8-29)22(33)26-18-6-2-5-17(25)12-18/h1-6,11-13H,7-10,14H2,(H,26,33). The Hall–Kier alpha value is -3.34. The zero-order valence-corrected chi connectivity index (χ0v) is 19.5. The Kier molecular flexibility index (Phi) is 6.27. The van der Waals surface area contributed by atoms with Crippen LogP contribution in [0, 0.1) is 5.82 Å². The molecular formula is C23H20ClFN6O2S. The number of urea groups is 1. The number of amides is 2. The average Bonchev–Trinajstić information content (AvgIpc) is 3.24. The highest BCUT2D eigenvalue weighted by atomic mass is 35.5. The summed E-state index contributed by atoms with van der Waals surface area (Å²) >= 11 is 7.41. The molecule has 0 saturated carbocycles. The molecule has 1 fully saturated rings. The number of carbonyl (C=O) groups excluding carboxylic acids is 1. The minimum Gasteiger partial charge on any atom is -0.322 e. The fraction of sp³-hybridized carbons (Fsp3) is 0.217. The number of hydrogen-bond donors (Lipinski definition) is 1. The van der Waals surface area contributed by atoms with E-state index in [0.717, 1.165) is 5.56 Å². The van der Waals surface area contributed by atoms with Crippen molar-refractivity contribution in [2.75, 3.05) is 31.5 Å². The van der Waals surface area contributed by atoms with Crippen molar-refractivity contribution >= 4 is 39.6 Å². The zero-order valence-electron chi connectivity index (χ0n) is 17.9. The van der Waals surface area contributed by atoms with Crippen LogP contribution in [0.4, 0.5) is 14.9 Å². The Morgan fingerprint density at radius 1 is 1.09 bits per heavy atom. The van der Waals surface area contributed by atoms with Gasteiger partial charge in [-0.2, -0.15) is 9.61 Å². The van der Waals surface area contributed by atoms with Crippen molar-refractivity contribution in [2.24, 2.45) is 0 Å². The summed E-state index contributed by atoms with van der Waals surface area (Å²) < 4.78 is 14.6. The summed E-state index contributed by atoms with van der Waals surface area (Å²) in [5, 5.41) is 8.38. The molecule has 2 aromatic carbocycles. The summed E-state index contributed by atoms with van der Waals surface area (Å²) in [5.41, 5.74) is 1.67. The maximum Gasteiger partial charge on any atom is 0.321 e. The summed E-state index contributed by atoms with van der Waals surface area (Å²) in [6, 6.07) is 14.4. The third-order valence-electron chi connectivity index (χ3n) is 5.49. The van der Waals surface area contributed by atoms with Crippen LogP contribution in [-0.4, -0.2) is 56.6 Å². The largest absolute Gasteiger partial charge is 0.322 e. The molecule has 2 amide bonds. The molecule has 0 bridgehead atoms. The van der Waals surface area contributed by atoms with E-state index in [1.54, 1.807) is 29.2 Å². The average molecular weight is 499 g/mol. The van der Waals surface area contributed by atoms with Gasteiger partial charge in [-0.15, -0.1) is 0 Å². The SMILES string of the molecule is O=C(Nc1cccc(F)c1)N1CCN(Cc2cc(=O)n3nc(-c4cccc(Cl)c4)sc3n2)CC1. The lowest BCUT2D eigenvalue weighted by molar-refractivity contribution is 0.142. The van der Waals surface area contributed by atoms with E-state index in [4.69, 9.17) is 11.6 Å². The molecule has 34 heavy (non-hydrogen) atoms. The molecule has 3 heterocycles. The maximum absolute atomic E-state index is 13.3. The smallest absolute Gasteiger partial charge is 0.321 e. The predicted octanol–water partition coefficient (Wildman–Crippen LogP) is 3.96. The number of piperazine rings is 1. The van der Waals surface area contributed by atoms with Gasteiger partial charge >= 0.3 is 6.03 Å². The molecule has 0 spiro atoms. The Labute approximate surface area is 203 Å². The zero-order chi connectivity index (χ0) is 23.7. The number of hydrogen-bond acceptors (Lipinski definition) is 6. The summed E-state index contributed by atoms with van der Waals surface area (Å²) in [5.74, 6) is -0.399. The van der Waals surface area contributed by atoms with Crippen molar-refractivity contribution in [2.45, 2.75) is 6.54 Å². The molecule has 1 saturated heterocycles. The summed E-state index contributed by atoms with van der Waals surface area (Å²) in [7, 11) is 0. The van der Waals surface area contributed by atoms with Gasteiger partial charge in [0.1, 0.15) is 10.8 Å². The first-order valence-corrected chi connectivity index (χ1v) is 11.8. The third kappa shape index (κ3) is 4.93. The molecule has 11 heteroatoms. The molecule has 174 valence electrons. The lowest BCUT2D eigenvalue weighted by atomic mass is 10.2. The molecule has 4 aromatic rings. The number of nitrogens with one attached hydrogen (secondary N) is 1. The van der Waals surface area contributed by atoms with Crippen molar-refractivity contribution in [3.8, 4) is 10.6 Å². The summed E-state index contributed by atoms with van der Waals surface area (Å²) in [6.07, 6.45) is 0. The van der Waals surface area contributed by atoms with Gasteiger partial charge < -0.3 is 10.2 Å². The van der Waals surface area contributed by atoms with Gasteiger partial charge in [-0.1, -0.05) is 41.1 Å². The molecule has 1 N–H and O–H groups in total. The molecule has 0 unspecified atom stereocenters. The van der Waals surface area contributed by atoms with Crippen molar-refractivity contribution in [3.05, 3.63) is 81.5 Å². The number of anilines is 1. The fourth-order valence-electron chi connectivity index (χ4n) is 3.78. The number of nitrogens with zero attached hydrogens (tertiary/aromatic N) is 5. The fourth-order valence-corrected chi connectivity index (χ4v) is 4.89. The van der Waals surface area contributed by atoms with Crippen molar-refractivity contribution in [3.63, 3.8) is 0 Å². The Morgan fingerprint density at radius 3 is 2.65 bits per heavy atom. The van der Waals surface area contributed by atoms with Crippen molar-refractivity contribution < 1.29 is 9.18 Å². The van der Waals surface area contributed by atoms with Crippen molar-refractivity contribution in [1.29, 1.82) is 0 Å². The van der Waals surface area contributed by atoms with Gasteiger partial charge in [0.05, 0.1) is 5.69 Å². The van der Waals surface area contributed by atoms with Gasteiger partial charge in [0, 0.05) is 55.1 Å². The van der Waals surface area contributed by atoms with Crippen LogP contribution in [0.3, 0.4) is 0 Å². The second-order valence-electron chi connectivity index (χ2n) is 7.90. The molecule has 5 rings (SSSR count). The van der Waals surface area contributed by atoms with Gasteiger partial charge in [-0.05, 0) is 30.3 Å². The maximum atomic E-state index is 13.3. The number of rotatable bonds is 4. The molecule has 1 aliphatic rings. The van der Waals surface area contributed by atoms with Gasteiger partial charge in [-0.25, -0.2) is 14.2 Å². The van der Waals surface area contributed by atoms with Crippen LogP contribution >= 0.6 is 22.9 Å². The van der Waals surface area contributed by atoms with E-state index in [1.807, 2.05) is 12.1 Å². The van der Waals surface area contributed by atoms with E-state index in [9.17, 15) is 14.0 Å². The van der Waals surface area contributed by atoms with E-state index in [-0.39, 0.29) is 11.6 Å². The van der Waals surface area contributed by atoms with E-state index < -0.39 is 5.82 Å². The van der Waals surface area contributed by atoms with Gasteiger partial charge in [0.2, 0.25) is 4.96 Å². The molecule has 0 radical (unpaired) electrons. The Balaban J connectivity index is 1.23. The number of carbonyl (C=O) groups is 1. The van der Waals surface area contributed by atoms with E-state index in [2.05, 4.69) is 20.3 Å². The topological polar surface area (TPSA) is 82.8 Å². The highest BCUT2D eigenvalue weighted by Crippen LogP contribution is 2.26. The second-order valence-corrected chi connectivity index (χ2v) is 9.29. The minimum atomic E-state index is -0.399. The molecule has 8 nitrogen and oxygen atoms in total. The van der Waals surface area contributed by atoms with Crippen molar-refractivity contribution in [1.82, 2.24) is 24.4 Å². The summed E-state index contributed by atoms with van der Waals surface area (Å²) in [4.78, 5) is 34.1. The van der Waals surface area contributed by atoms with E-state index in [1.165, 1.54) is 34.1 Å². The highest BCUT2D eigenvalue weighted by Gasteiger charge is 2.22. The number of halogens is 2. The van der Waals surface area contributed by atoms with Crippen LogP contribution in [0.5, 0.6) is 0 Å². The molecule has 1 aliphatic heterocycles. The monoisotopic (exact) mass is 498 g/mol. The Morgan fingerprint density at radius 2 is 1.88 bits per heavy atom. The first-order chi connectivity index (χ1) is 16.4. The highest BCUT2D eigenvalue weighted by molar-refractivity contribution is 7.19. The molecular weight excluding hydrogens is 479 g/mol. The van der Waals surface area contributed by atoms with Crippen LogP contribution in [-0.2, 0) is 6.54 Å². The van der Waals surface area contributed by atoms with Crippen LogP contribution in [0.2, 0.25) is 5.02 Å². The minimum absolute atomic E-state index is 0.238. The quantitative estimate of drug-likeness (QED) is 0.460. The first-order valence-electron chi connectivity index (χ1n) is 10.6. The number of aromatic nitrogens is 3. The lowest BCUT2D eigenvalue weighted by Gasteiger charge is -2.34. The predicted molar refractivity (Wildman–Crippen MR) is 130 cm³/mol. The molecule has 0 aliphatic carbocycles. The van der Waals surface area contributed by atoms with Crippen LogP contribution in [0.15, 0.2) is 59.4 Å². The normalized spacial score (nSPS) is 14.5. The number of benzene rings is 2.